The average Bonchev–Trinajstić information content (AvgIpc) is 2.81. The minimum absolute atomic E-state index is 0.109. The number of carboxylic acid groups (broad SMARTS) is 1. The van der Waals surface area contributed by atoms with E-state index in [1.807, 2.05) is 12.1 Å². The first-order valence-corrected chi connectivity index (χ1v) is 11.0. The summed E-state index contributed by atoms with van der Waals surface area (Å²) in [5.74, 6) is -0.916. The van der Waals surface area contributed by atoms with Crippen LogP contribution in [-0.4, -0.2) is 47.3 Å². The maximum absolute atomic E-state index is 12.4. The molecule has 2 amide bonds. The molecule has 32 heavy (non-hydrogen) atoms. The van der Waals surface area contributed by atoms with Gasteiger partial charge in [0.05, 0.1) is 12.3 Å². The summed E-state index contributed by atoms with van der Waals surface area (Å²) in [5.41, 5.74) is 2.18. The molecule has 1 aromatic heterocycles. The van der Waals surface area contributed by atoms with Crippen LogP contribution in [0.25, 0.3) is 17.3 Å². The van der Waals surface area contributed by atoms with Crippen molar-refractivity contribution in [1.29, 1.82) is 0 Å². The van der Waals surface area contributed by atoms with Gasteiger partial charge in [0.25, 0.3) is 0 Å². The monoisotopic (exact) mass is 440 g/mol. The SMILES string of the molecule is CCCCCCCNC(=O)N(C)c1nccc(-c2ccc(/C=C(/OCC)C(=O)O)cc2)n1. The topological polar surface area (TPSA) is 105 Å². The summed E-state index contributed by atoms with van der Waals surface area (Å²) in [6.07, 6.45) is 8.74. The number of nitrogens with one attached hydrogen (secondary N) is 1. The number of nitrogens with zero attached hydrogens (tertiary/aromatic N) is 3. The van der Waals surface area contributed by atoms with Crippen LogP contribution in [0.5, 0.6) is 0 Å². The quantitative estimate of drug-likeness (QED) is 0.281. The average molecular weight is 441 g/mol. The molecule has 0 aliphatic heterocycles. The van der Waals surface area contributed by atoms with Crippen LogP contribution in [0, 0.1) is 0 Å². The number of hydrogen-bond donors (Lipinski definition) is 2. The third-order valence-electron chi connectivity index (χ3n) is 4.82. The number of anilines is 1. The van der Waals surface area contributed by atoms with Gasteiger partial charge in [-0.2, -0.15) is 0 Å². The summed E-state index contributed by atoms with van der Waals surface area (Å²) < 4.78 is 5.14. The molecule has 8 nitrogen and oxygen atoms in total. The number of hydrogen-bond acceptors (Lipinski definition) is 5. The first-order chi connectivity index (χ1) is 15.5. The minimum Gasteiger partial charge on any atom is -0.487 e. The van der Waals surface area contributed by atoms with Gasteiger partial charge in [-0.1, -0.05) is 56.9 Å². The number of unbranched alkanes of at least 4 members (excludes halogenated alkanes) is 4. The number of benzene rings is 1. The Morgan fingerprint density at radius 3 is 2.47 bits per heavy atom. The van der Waals surface area contributed by atoms with Gasteiger partial charge in [-0.15, -0.1) is 0 Å². The van der Waals surface area contributed by atoms with E-state index in [9.17, 15) is 14.7 Å². The smallest absolute Gasteiger partial charge is 0.371 e. The molecule has 0 unspecified atom stereocenters. The molecule has 8 heteroatoms. The maximum atomic E-state index is 12.4. The van der Waals surface area contributed by atoms with E-state index in [2.05, 4.69) is 22.2 Å². The molecule has 0 radical (unpaired) electrons. The first-order valence-electron chi connectivity index (χ1n) is 11.0. The summed E-state index contributed by atoms with van der Waals surface area (Å²) in [6, 6.07) is 8.76. The standard InChI is InChI=1S/C24H32N4O4/c1-4-6-7-8-9-15-26-24(31)28(3)23-25-16-14-20(27-23)19-12-10-18(11-13-19)17-21(22(29)30)32-5-2/h10-14,16-17H,4-9,15H2,1-3H3,(H,26,31)(H,29,30)/b21-17+. The van der Waals surface area contributed by atoms with Crippen molar-refractivity contribution >= 4 is 24.0 Å². The van der Waals surface area contributed by atoms with Gasteiger partial charge >= 0.3 is 12.0 Å². The van der Waals surface area contributed by atoms with Crippen LogP contribution in [-0.2, 0) is 9.53 Å². The van der Waals surface area contributed by atoms with Crippen molar-refractivity contribution in [3.8, 4) is 11.3 Å². The molecule has 1 heterocycles. The van der Waals surface area contributed by atoms with Crippen LogP contribution < -0.4 is 10.2 Å². The Hall–Kier alpha value is -3.42. The highest BCUT2D eigenvalue weighted by molar-refractivity contribution is 5.90. The molecule has 0 atom stereocenters. The molecular weight excluding hydrogens is 408 g/mol. The molecule has 2 N–H and O–H groups in total. The lowest BCUT2D eigenvalue weighted by Gasteiger charge is -2.16. The van der Waals surface area contributed by atoms with E-state index in [0.29, 0.717) is 23.8 Å². The van der Waals surface area contributed by atoms with Gasteiger partial charge in [-0.25, -0.2) is 19.6 Å². The van der Waals surface area contributed by atoms with Crippen LogP contribution in [0.3, 0.4) is 0 Å². The second-order valence-corrected chi connectivity index (χ2v) is 7.32. The van der Waals surface area contributed by atoms with Gasteiger partial charge in [-0.05, 0) is 31.1 Å². The number of aliphatic carboxylic acids is 1. The Morgan fingerprint density at radius 2 is 1.81 bits per heavy atom. The maximum Gasteiger partial charge on any atom is 0.371 e. The second-order valence-electron chi connectivity index (χ2n) is 7.32. The minimum atomic E-state index is -1.11. The highest BCUT2D eigenvalue weighted by Crippen LogP contribution is 2.20. The normalized spacial score (nSPS) is 11.2. The van der Waals surface area contributed by atoms with E-state index in [1.54, 1.807) is 38.4 Å². The molecule has 172 valence electrons. The first kappa shape index (κ1) is 24.8. The Balaban J connectivity index is 2.03. The Kier molecular flexibility index (Phi) is 10.2. The molecule has 0 saturated heterocycles. The third kappa shape index (κ3) is 7.68. The molecule has 0 aliphatic rings. The number of ether oxygens (including phenoxy) is 1. The number of carbonyl (C=O) groups is 2. The van der Waals surface area contributed by atoms with Gasteiger partial charge in [-0.3, -0.25) is 4.90 Å². The van der Waals surface area contributed by atoms with E-state index in [0.717, 1.165) is 18.4 Å². The zero-order chi connectivity index (χ0) is 23.3. The molecule has 1 aromatic carbocycles. The van der Waals surface area contributed by atoms with E-state index in [4.69, 9.17) is 4.74 Å². The number of rotatable bonds is 12. The molecule has 0 spiro atoms. The Labute approximate surface area is 189 Å². The number of carbonyl (C=O) groups excluding carboxylic acids is 1. The Bertz CT molecular complexity index is 912. The van der Waals surface area contributed by atoms with Crippen molar-refractivity contribution in [3.05, 3.63) is 47.9 Å². The zero-order valence-corrected chi connectivity index (χ0v) is 19.0. The van der Waals surface area contributed by atoms with Gasteiger partial charge in [0.15, 0.2) is 0 Å². The third-order valence-corrected chi connectivity index (χ3v) is 4.82. The zero-order valence-electron chi connectivity index (χ0n) is 19.0. The molecule has 0 saturated carbocycles. The highest BCUT2D eigenvalue weighted by atomic mass is 16.5. The van der Waals surface area contributed by atoms with Crippen molar-refractivity contribution in [3.63, 3.8) is 0 Å². The predicted octanol–water partition coefficient (Wildman–Crippen LogP) is 4.72. The Morgan fingerprint density at radius 1 is 1.09 bits per heavy atom. The molecule has 0 fully saturated rings. The lowest BCUT2D eigenvalue weighted by atomic mass is 10.1. The number of amides is 2. The summed E-state index contributed by atoms with van der Waals surface area (Å²) in [4.78, 5) is 33.7. The van der Waals surface area contributed by atoms with Gasteiger partial charge in [0, 0.05) is 25.4 Å². The fraction of sp³-hybridized carbons (Fsp3) is 0.417. The van der Waals surface area contributed by atoms with Crippen LogP contribution in [0.4, 0.5) is 10.7 Å². The van der Waals surface area contributed by atoms with Crippen molar-refractivity contribution in [1.82, 2.24) is 15.3 Å². The van der Waals surface area contributed by atoms with Crippen molar-refractivity contribution in [2.75, 3.05) is 25.1 Å². The fourth-order valence-electron chi connectivity index (χ4n) is 3.03. The van der Waals surface area contributed by atoms with Gasteiger partial charge < -0.3 is 15.2 Å². The molecule has 0 bridgehead atoms. The molecular formula is C24H32N4O4. The van der Waals surface area contributed by atoms with Gasteiger partial charge in [0.2, 0.25) is 11.7 Å². The number of carboxylic acids is 1. The summed E-state index contributed by atoms with van der Waals surface area (Å²) in [5, 5.41) is 12.1. The van der Waals surface area contributed by atoms with Crippen molar-refractivity contribution in [2.45, 2.75) is 46.0 Å². The molecule has 0 aliphatic carbocycles. The fourth-order valence-corrected chi connectivity index (χ4v) is 3.03. The van der Waals surface area contributed by atoms with Gasteiger partial charge in [0.1, 0.15) is 0 Å². The second kappa shape index (κ2) is 13.1. The number of aromatic nitrogens is 2. The van der Waals surface area contributed by atoms with Crippen LogP contribution in [0.2, 0.25) is 0 Å². The summed E-state index contributed by atoms with van der Waals surface area (Å²) in [6.45, 7) is 4.81. The van der Waals surface area contributed by atoms with Crippen molar-refractivity contribution < 1.29 is 19.4 Å². The van der Waals surface area contributed by atoms with Crippen LogP contribution in [0.15, 0.2) is 42.3 Å². The van der Waals surface area contributed by atoms with Crippen LogP contribution >= 0.6 is 0 Å². The highest BCUT2D eigenvalue weighted by Gasteiger charge is 2.14. The lowest BCUT2D eigenvalue weighted by molar-refractivity contribution is -0.136. The van der Waals surface area contributed by atoms with E-state index < -0.39 is 5.97 Å². The van der Waals surface area contributed by atoms with E-state index in [-0.39, 0.29) is 18.4 Å². The van der Waals surface area contributed by atoms with E-state index in [1.165, 1.54) is 30.2 Å². The molecule has 2 rings (SSSR count). The van der Waals surface area contributed by atoms with Crippen molar-refractivity contribution in [2.24, 2.45) is 0 Å². The lowest BCUT2D eigenvalue weighted by Crippen LogP contribution is -2.38. The summed E-state index contributed by atoms with van der Waals surface area (Å²) >= 11 is 0. The summed E-state index contributed by atoms with van der Waals surface area (Å²) in [7, 11) is 1.64. The van der Waals surface area contributed by atoms with E-state index >= 15 is 0 Å². The number of urea groups is 1. The predicted molar refractivity (Wildman–Crippen MR) is 125 cm³/mol. The van der Waals surface area contributed by atoms with Crippen LogP contribution in [0.1, 0.15) is 51.5 Å². The largest absolute Gasteiger partial charge is 0.487 e. The molecule has 2 aromatic rings.